The van der Waals surface area contributed by atoms with Crippen LogP contribution in [0.15, 0.2) is 0 Å². The molecular weight excluding hydrogens is 182 g/mol. The molecule has 1 atom stereocenters. The maximum atomic E-state index is 11.1. The van der Waals surface area contributed by atoms with Gasteiger partial charge in [-0.15, -0.1) is 0 Å². The molecule has 0 fully saturated rings. The Hall–Kier alpha value is -1.10. The van der Waals surface area contributed by atoms with Gasteiger partial charge >= 0.3 is 0 Å². The first kappa shape index (κ1) is 12.9. The fourth-order valence-corrected chi connectivity index (χ4v) is 0.888. The minimum absolute atomic E-state index is 0.0414. The standard InChI is InChI=1S/C9H19N3O2/c1-7(10)3-4-9(14)12-6-5-8(13)11-2/h7H,3-6,10H2,1-2H3,(H,11,13)(H,12,14). The van der Waals surface area contributed by atoms with Gasteiger partial charge in [0, 0.05) is 32.5 Å². The highest BCUT2D eigenvalue weighted by Crippen LogP contribution is 1.92. The van der Waals surface area contributed by atoms with Crippen molar-refractivity contribution in [2.24, 2.45) is 5.73 Å². The van der Waals surface area contributed by atoms with Crippen LogP contribution in [0.4, 0.5) is 0 Å². The first-order valence-corrected chi connectivity index (χ1v) is 4.79. The number of carbonyl (C=O) groups excluding carboxylic acids is 2. The maximum absolute atomic E-state index is 11.1. The average Bonchev–Trinajstić information content (AvgIpc) is 2.14. The van der Waals surface area contributed by atoms with Gasteiger partial charge in [0.05, 0.1) is 0 Å². The molecule has 0 heterocycles. The second-order valence-corrected chi connectivity index (χ2v) is 3.29. The van der Waals surface area contributed by atoms with Gasteiger partial charge in [0.1, 0.15) is 0 Å². The summed E-state index contributed by atoms with van der Waals surface area (Å²) in [6.45, 7) is 2.25. The van der Waals surface area contributed by atoms with Gasteiger partial charge in [0.15, 0.2) is 0 Å². The molecule has 0 aromatic heterocycles. The van der Waals surface area contributed by atoms with E-state index in [2.05, 4.69) is 10.6 Å². The van der Waals surface area contributed by atoms with Crippen molar-refractivity contribution >= 4 is 11.8 Å². The Morgan fingerprint density at radius 1 is 1.29 bits per heavy atom. The zero-order chi connectivity index (χ0) is 11.0. The van der Waals surface area contributed by atoms with Crippen molar-refractivity contribution < 1.29 is 9.59 Å². The molecule has 2 amide bonds. The van der Waals surface area contributed by atoms with Crippen LogP contribution in [0.1, 0.15) is 26.2 Å². The second-order valence-electron chi connectivity index (χ2n) is 3.29. The Morgan fingerprint density at radius 3 is 2.43 bits per heavy atom. The van der Waals surface area contributed by atoms with Crippen LogP contribution in [0.2, 0.25) is 0 Å². The van der Waals surface area contributed by atoms with Gasteiger partial charge in [-0.1, -0.05) is 0 Å². The van der Waals surface area contributed by atoms with Gasteiger partial charge in [-0.3, -0.25) is 9.59 Å². The Labute approximate surface area is 84.4 Å². The van der Waals surface area contributed by atoms with E-state index in [-0.39, 0.29) is 17.9 Å². The van der Waals surface area contributed by atoms with Gasteiger partial charge in [-0.2, -0.15) is 0 Å². The zero-order valence-electron chi connectivity index (χ0n) is 8.80. The molecule has 0 bridgehead atoms. The first-order chi connectivity index (χ1) is 6.56. The van der Waals surface area contributed by atoms with Crippen LogP contribution in [0.5, 0.6) is 0 Å². The van der Waals surface area contributed by atoms with Crippen LogP contribution in [0, 0.1) is 0 Å². The van der Waals surface area contributed by atoms with Crippen molar-refractivity contribution in [2.45, 2.75) is 32.2 Å². The molecular formula is C9H19N3O2. The number of nitrogens with one attached hydrogen (secondary N) is 2. The van der Waals surface area contributed by atoms with E-state index >= 15 is 0 Å². The Balaban J connectivity index is 3.40. The lowest BCUT2D eigenvalue weighted by Gasteiger charge is -2.06. The van der Waals surface area contributed by atoms with Gasteiger partial charge in [0.2, 0.25) is 11.8 Å². The van der Waals surface area contributed by atoms with E-state index in [9.17, 15) is 9.59 Å². The second kappa shape index (κ2) is 7.32. The lowest BCUT2D eigenvalue weighted by molar-refractivity contribution is -0.122. The highest BCUT2D eigenvalue weighted by molar-refractivity contribution is 5.78. The molecule has 0 saturated carbocycles. The van der Waals surface area contributed by atoms with E-state index in [1.807, 2.05) is 6.92 Å². The van der Waals surface area contributed by atoms with Gasteiger partial charge in [-0.05, 0) is 13.3 Å². The first-order valence-electron chi connectivity index (χ1n) is 4.79. The number of carbonyl (C=O) groups is 2. The molecule has 0 aliphatic carbocycles. The molecule has 5 heteroatoms. The van der Waals surface area contributed by atoms with Crippen molar-refractivity contribution in [1.29, 1.82) is 0 Å². The lowest BCUT2D eigenvalue weighted by atomic mass is 10.2. The molecule has 82 valence electrons. The van der Waals surface area contributed by atoms with Gasteiger partial charge < -0.3 is 16.4 Å². The summed E-state index contributed by atoms with van der Waals surface area (Å²) >= 11 is 0. The van der Waals surface area contributed by atoms with Crippen LogP contribution in [0.3, 0.4) is 0 Å². The summed E-state index contributed by atoms with van der Waals surface area (Å²) in [6.07, 6.45) is 1.41. The summed E-state index contributed by atoms with van der Waals surface area (Å²) in [6, 6.07) is 0.0414. The number of nitrogens with two attached hydrogens (primary N) is 1. The van der Waals surface area contributed by atoms with Crippen molar-refractivity contribution in [1.82, 2.24) is 10.6 Å². The van der Waals surface area contributed by atoms with E-state index in [1.54, 1.807) is 7.05 Å². The quantitative estimate of drug-likeness (QED) is 0.535. The summed E-state index contributed by atoms with van der Waals surface area (Å²) in [5.74, 6) is -0.122. The van der Waals surface area contributed by atoms with Crippen LogP contribution >= 0.6 is 0 Å². The molecule has 0 aliphatic rings. The van der Waals surface area contributed by atoms with Crippen molar-refractivity contribution in [3.63, 3.8) is 0 Å². The van der Waals surface area contributed by atoms with E-state index in [0.29, 0.717) is 25.8 Å². The molecule has 0 spiro atoms. The molecule has 0 radical (unpaired) electrons. The summed E-state index contributed by atoms with van der Waals surface area (Å²) in [7, 11) is 1.57. The van der Waals surface area contributed by atoms with Crippen molar-refractivity contribution in [2.75, 3.05) is 13.6 Å². The predicted molar refractivity (Wildman–Crippen MR) is 54.6 cm³/mol. The van der Waals surface area contributed by atoms with Crippen LogP contribution < -0.4 is 16.4 Å². The Bertz CT molecular complexity index is 192. The van der Waals surface area contributed by atoms with E-state index < -0.39 is 0 Å². The summed E-state index contributed by atoms with van der Waals surface area (Å²) in [4.78, 5) is 21.9. The SMILES string of the molecule is CNC(=O)CCNC(=O)CCC(C)N. The van der Waals surface area contributed by atoms with Crippen molar-refractivity contribution in [3.8, 4) is 0 Å². The van der Waals surface area contributed by atoms with Crippen LogP contribution in [0.25, 0.3) is 0 Å². The Morgan fingerprint density at radius 2 is 1.93 bits per heavy atom. The maximum Gasteiger partial charge on any atom is 0.221 e. The van der Waals surface area contributed by atoms with E-state index in [1.165, 1.54) is 0 Å². The number of amides is 2. The third-order valence-corrected chi connectivity index (χ3v) is 1.78. The third-order valence-electron chi connectivity index (χ3n) is 1.78. The molecule has 0 aliphatic heterocycles. The normalized spacial score (nSPS) is 11.9. The number of hydrogen-bond donors (Lipinski definition) is 3. The predicted octanol–water partition coefficient (Wildman–Crippen LogP) is -0.634. The highest BCUT2D eigenvalue weighted by atomic mass is 16.2. The number of hydrogen-bond acceptors (Lipinski definition) is 3. The molecule has 1 unspecified atom stereocenters. The minimum atomic E-state index is -0.0718. The third kappa shape index (κ3) is 7.54. The van der Waals surface area contributed by atoms with E-state index in [0.717, 1.165) is 0 Å². The number of rotatable bonds is 6. The molecule has 0 aromatic carbocycles. The largest absolute Gasteiger partial charge is 0.359 e. The van der Waals surface area contributed by atoms with Crippen LogP contribution in [-0.4, -0.2) is 31.4 Å². The highest BCUT2D eigenvalue weighted by Gasteiger charge is 2.03. The summed E-state index contributed by atoms with van der Waals surface area (Å²) in [5.41, 5.74) is 5.50. The van der Waals surface area contributed by atoms with E-state index in [4.69, 9.17) is 5.73 Å². The van der Waals surface area contributed by atoms with Gasteiger partial charge in [-0.25, -0.2) is 0 Å². The molecule has 5 nitrogen and oxygen atoms in total. The molecule has 0 aromatic rings. The van der Waals surface area contributed by atoms with Gasteiger partial charge in [0.25, 0.3) is 0 Å². The summed E-state index contributed by atoms with van der Waals surface area (Å²) in [5, 5.41) is 5.13. The van der Waals surface area contributed by atoms with Crippen molar-refractivity contribution in [3.05, 3.63) is 0 Å². The molecule has 14 heavy (non-hydrogen) atoms. The average molecular weight is 201 g/mol. The topological polar surface area (TPSA) is 84.2 Å². The smallest absolute Gasteiger partial charge is 0.221 e. The minimum Gasteiger partial charge on any atom is -0.359 e. The van der Waals surface area contributed by atoms with Crippen LogP contribution in [-0.2, 0) is 9.59 Å². The zero-order valence-corrected chi connectivity index (χ0v) is 8.80. The monoisotopic (exact) mass is 201 g/mol. The summed E-state index contributed by atoms with van der Waals surface area (Å²) < 4.78 is 0. The lowest BCUT2D eigenvalue weighted by Crippen LogP contribution is -2.30. The Kier molecular flexibility index (Phi) is 6.74. The molecule has 0 rings (SSSR count). The fraction of sp³-hybridized carbons (Fsp3) is 0.778. The molecule has 0 saturated heterocycles. The molecule has 4 N–H and O–H groups in total. The fourth-order valence-electron chi connectivity index (χ4n) is 0.888.